The number of rotatable bonds is 5. The molecule has 0 spiro atoms. The molecule has 0 atom stereocenters. The van der Waals surface area contributed by atoms with Crippen molar-refractivity contribution in [2.45, 2.75) is 0 Å². The molecule has 5 nitrogen and oxygen atoms in total. The average molecular weight is 441 g/mol. The second-order valence-corrected chi connectivity index (χ2v) is 7.29. The van der Waals surface area contributed by atoms with Gasteiger partial charge in [-0.2, -0.15) is 0 Å². The lowest BCUT2D eigenvalue weighted by molar-refractivity contribution is -0.120. The van der Waals surface area contributed by atoms with Crippen molar-refractivity contribution >= 4 is 46.6 Å². The fourth-order valence-corrected chi connectivity index (χ4v) is 3.77. The summed E-state index contributed by atoms with van der Waals surface area (Å²) < 4.78 is 5.45. The largest absolute Gasteiger partial charge is 0.495 e. The molecule has 1 saturated heterocycles. The lowest BCUT2D eigenvalue weighted by Gasteiger charge is -2.36. The first-order chi connectivity index (χ1) is 15.6. The van der Waals surface area contributed by atoms with Crippen LogP contribution in [-0.4, -0.2) is 24.0 Å². The van der Waals surface area contributed by atoms with Crippen LogP contribution in [0.2, 0.25) is 0 Å². The Hall–Kier alpha value is -4.03. The Morgan fingerprint density at radius 2 is 1.38 bits per heavy atom. The van der Waals surface area contributed by atoms with E-state index in [0.29, 0.717) is 17.1 Å². The van der Waals surface area contributed by atoms with Crippen molar-refractivity contribution in [1.29, 1.82) is 0 Å². The van der Waals surface area contributed by atoms with Crippen molar-refractivity contribution in [2.24, 2.45) is 0 Å². The number of allylic oxidation sites excluding steroid dienone is 2. The lowest BCUT2D eigenvalue weighted by atomic mass is 10.1. The molecule has 0 radical (unpaired) electrons. The highest BCUT2D eigenvalue weighted by Gasteiger charge is 2.41. The maximum absolute atomic E-state index is 13.5. The van der Waals surface area contributed by atoms with Gasteiger partial charge in [0, 0.05) is 0 Å². The molecule has 0 aliphatic carbocycles. The van der Waals surface area contributed by atoms with Crippen LogP contribution in [0, 0.1) is 0 Å². The molecule has 0 aromatic heterocycles. The Bertz CT molecular complexity index is 1220. The van der Waals surface area contributed by atoms with E-state index >= 15 is 0 Å². The van der Waals surface area contributed by atoms with Crippen molar-refractivity contribution in [3.8, 4) is 5.75 Å². The third-order valence-electron chi connectivity index (χ3n) is 4.94. The molecule has 0 N–H and O–H groups in total. The van der Waals surface area contributed by atoms with Crippen LogP contribution >= 0.6 is 12.2 Å². The monoisotopic (exact) mass is 440 g/mol. The van der Waals surface area contributed by atoms with E-state index in [1.165, 1.54) is 23.0 Å². The second kappa shape index (κ2) is 9.41. The Balaban J connectivity index is 1.81. The summed E-state index contributed by atoms with van der Waals surface area (Å²) in [6, 6.07) is 25.7. The first kappa shape index (κ1) is 21.2. The number of para-hydroxylation sites is 3. The van der Waals surface area contributed by atoms with Crippen molar-refractivity contribution < 1.29 is 14.3 Å². The summed E-state index contributed by atoms with van der Waals surface area (Å²) >= 11 is 5.63. The number of methoxy groups -OCH3 is 1. The normalized spacial score (nSPS) is 15.7. The van der Waals surface area contributed by atoms with Gasteiger partial charge in [-0.15, -0.1) is 0 Å². The van der Waals surface area contributed by atoms with E-state index in [4.69, 9.17) is 17.0 Å². The van der Waals surface area contributed by atoms with Crippen molar-refractivity contribution in [1.82, 2.24) is 0 Å². The fourth-order valence-electron chi connectivity index (χ4n) is 3.40. The molecule has 6 heteroatoms. The van der Waals surface area contributed by atoms with Crippen molar-refractivity contribution in [2.75, 3.05) is 16.9 Å². The van der Waals surface area contributed by atoms with E-state index in [0.717, 1.165) is 5.56 Å². The minimum absolute atomic E-state index is 0.000500. The van der Waals surface area contributed by atoms with E-state index in [-0.39, 0.29) is 10.7 Å². The topological polar surface area (TPSA) is 49.9 Å². The third-order valence-corrected chi connectivity index (χ3v) is 5.31. The number of nitrogens with zero attached hydrogens (tertiary/aromatic N) is 2. The zero-order valence-corrected chi connectivity index (χ0v) is 18.2. The van der Waals surface area contributed by atoms with Crippen LogP contribution in [0.4, 0.5) is 11.4 Å². The van der Waals surface area contributed by atoms with Crippen LogP contribution in [0.5, 0.6) is 5.75 Å². The van der Waals surface area contributed by atoms with Crippen LogP contribution in [0.1, 0.15) is 5.56 Å². The van der Waals surface area contributed by atoms with Crippen molar-refractivity contribution in [3.63, 3.8) is 0 Å². The van der Waals surface area contributed by atoms with Crippen molar-refractivity contribution in [3.05, 3.63) is 108 Å². The second-order valence-electron chi connectivity index (χ2n) is 6.92. The van der Waals surface area contributed by atoms with Crippen LogP contribution in [0.15, 0.2) is 103 Å². The first-order valence-corrected chi connectivity index (χ1v) is 10.4. The Morgan fingerprint density at radius 3 is 2.06 bits per heavy atom. The van der Waals surface area contributed by atoms with Gasteiger partial charge in [0.15, 0.2) is 5.11 Å². The summed E-state index contributed by atoms with van der Waals surface area (Å²) in [4.78, 5) is 29.5. The van der Waals surface area contributed by atoms with E-state index in [1.54, 1.807) is 42.5 Å². The molecule has 158 valence electrons. The predicted octanol–water partition coefficient (Wildman–Crippen LogP) is 5.00. The summed E-state index contributed by atoms with van der Waals surface area (Å²) in [6.45, 7) is 0. The maximum Gasteiger partial charge on any atom is 0.270 e. The number of hydrogen-bond acceptors (Lipinski definition) is 4. The number of carbonyl (C=O) groups is 2. The van der Waals surface area contributed by atoms with Crippen LogP contribution in [0.3, 0.4) is 0 Å². The summed E-state index contributed by atoms with van der Waals surface area (Å²) in [5.74, 6) is -0.505. The summed E-state index contributed by atoms with van der Waals surface area (Å²) in [5, 5.41) is 0.0693. The number of anilines is 2. The van der Waals surface area contributed by atoms with Crippen LogP contribution < -0.4 is 14.5 Å². The molecule has 4 rings (SSSR count). The molecule has 1 fully saturated rings. The number of carbonyl (C=O) groups excluding carboxylic acids is 2. The Kier molecular flexibility index (Phi) is 6.24. The van der Waals surface area contributed by atoms with Crippen LogP contribution in [0.25, 0.3) is 6.08 Å². The molecule has 1 heterocycles. The van der Waals surface area contributed by atoms with Gasteiger partial charge in [0.25, 0.3) is 11.8 Å². The molecule has 0 unspecified atom stereocenters. The van der Waals surface area contributed by atoms with Gasteiger partial charge in [-0.05, 0) is 48.1 Å². The predicted molar refractivity (Wildman–Crippen MR) is 131 cm³/mol. The molecule has 2 amide bonds. The van der Waals surface area contributed by atoms with Crippen LogP contribution in [-0.2, 0) is 9.59 Å². The van der Waals surface area contributed by atoms with E-state index in [2.05, 4.69) is 0 Å². The SMILES string of the molecule is COc1ccccc1N1C(=O)/C(=C\C=C\c2ccccc2)C(=O)N(c2ccccc2)C1=S. The standard InChI is InChI=1S/C26H20N2O3S/c1-31-23-18-9-8-17-22(23)28-25(30)21(16-10-13-19-11-4-2-5-12-19)24(29)27(26(28)32)20-14-6-3-7-15-20/h2-18H,1H3/b13-10+,21-16-. The number of amides is 2. The molecule has 1 aliphatic rings. The van der Waals surface area contributed by atoms with Gasteiger partial charge in [-0.3, -0.25) is 14.5 Å². The van der Waals surface area contributed by atoms with Gasteiger partial charge in [-0.25, -0.2) is 4.90 Å². The van der Waals surface area contributed by atoms with Gasteiger partial charge in [0.05, 0.1) is 18.5 Å². The molecular formula is C26H20N2O3S. The molecule has 0 saturated carbocycles. The highest BCUT2D eigenvalue weighted by atomic mass is 32.1. The lowest BCUT2D eigenvalue weighted by Crippen LogP contribution is -2.57. The molecule has 3 aromatic carbocycles. The molecule has 0 bridgehead atoms. The number of hydrogen-bond donors (Lipinski definition) is 0. The fraction of sp³-hybridized carbons (Fsp3) is 0.0385. The third kappa shape index (κ3) is 4.08. The molecule has 3 aromatic rings. The minimum Gasteiger partial charge on any atom is -0.495 e. The molecular weight excluding hydrogens is 420 g/mol. The first-order valence-electron chi connectivity index (χ1n) is 9.96. The summed E-state index contributed by atoms with van der Waals surface area (Å²) in [6.07, 6.45) is 5.05. The highest BCUT2D eigenvalue weighted by Crippen LogP contribution is 2.34. The van der Waals surface area contributed by atoms with E-state index in [1.807, 2.05) is 54.6 Å². The van der Waals surface area contributed by atoms with Gasteiger partial charge >= 0.3 is 0 Å². The van der Waals surface area contributed by atoms with Gasteiger partial charge in [0.1, 0.15) is 11.3 Å². The quantitative estimate of drug-likeness (QED) is 0.318. The Labute approximate surface area is 191 Å². The number of thiocarbonyl (C=S) groups is 1. The van der Waals surface area contributed by atoms with Gasteiger partial charge in [0.2, 0.25) is 0 Å². The average Bonchev–Trinajstić information content (AvgIpc) is 2.83. The minimum atomic E-state index is -0.505. The summed E-state index contributed by atoms with van der Waals surface area (Å²) in [7, 11) is 1.52. The zero-order valence-electron chi connectivity index (χ0n) is 17.3. The van der Waals surface area contributed by atoms with Gasteiger partial charge in [-0.1, -0.05) is 72.8 Å². The smallest absolute Gasteiger partial charge is 0.270 e. The summed E-state index contributed by atoms with van der Waals surface area (Å²) in [5.41, 5.74) is 2.00. The van der Waals surface area contributed by atoms with Gasteiger partial charge < -0.3 is 4.74 Å². The number of ether oxygens (including phenoxy) is 1. The zero-order chi connectivity index (χ0) is 22.5. The highest BCUT2D eigenvalue weighted by molar-refractivity contribution is 7.81. The Morgan fingerprint density at radius 1 is 0.781 bits per heavy atom. The maximum atomic E-state index is 13.5. The van der Waals surface area contributed by atoms with E-state index in [9.17, 15) is 9.59 Å². The molecule has 32 heavy (non-hydrogen) atoms. The van der Waals surface area contributed by atoms with E-state index < -0.39 is 11.8 Å². The molecule has 1 aliphatic heterocycles. The number of benzene rings is 3.